The topological polar surface area (TPSA) is 4.93 Å². The molecule has 0 aliphatic rings. The third kappa shape index (κ3) is 1.66. The molecule has 2 heteroatoms. The van der Waals surface area contributed by atoms with Crippen molar-refractivity contribution in [3.8, 4) is 0 Å². The minimum atomic E-state index is -0.191. The summed E-state index contributed by atoms with van der Waals surface area (Å²) in [6.07, 6.45) is 0. The van der Waals surface area contributed by atoms with Crippen molar-refractivity contribution in [2.45, 2.75) is 0 Å². The van der Waals surface area contributed by atoms with Crippen LogP contribution in [0.1, 0.15) is 0 Å². The van der Waals surface area contributed by atoms with E-state index in [0.717, 1.165) is 21.8 Å². The highest BCUT2D eigenvalue weighted by Crippen LogP contribution is 2.35. The van der Waals surface area contributed by atoms with Crippen LogP contribution in [-0.2, 0) is 7.05 Å². The van der Waals surface area contributed by atoms with E-state index in [1.165, 1.54) is 27.6 Å². The molecule has 0 bridgehead atoms. The first-order valence-corrected chi connectivity index (χ1v) is 7.71. The Balaban J connectivity index is 2.06. The quantitative estimate of drug-likeness (QED) is 0.320. The molecule has 0 radical (unpaired) electrons. The molecule has 5 aromatic rings. The van der Waals surface area contributed by atoms with Gasteiger partial charge in [-0.1, -0.05) is 36.4 Å². The van der Waals surface area contributed by atoms with Crippen LogP contribution < -0.4 is 0 Å². The number of aromatic nitrogens is 1. The molecule has 110 valence electrons. The largest absolute Gasteiger partial charge is 0.343 e. The van der Waals surface area contributed by atoms with Crippen LogP contribution in [-0.4, -0.2) is 4.57 Å². The van der Waals surface area contributed by atoms with Crippen molar-refractivity contribution in [3.63, 3.8) is 0 Å². The number of fused-ring (bicyclic) bond motifs is 6. The van der Waals surface area contributed by atoms with E-state index in [4.69, 9.17) is 0 Å². The van der Waals surface area contributed by atoms with Crippen LogP contribution in [0.25, 0.3) is 43.4 Å². The highest BCUT2D eigenvalue weighted by Gasteiger charge is 2.12. The molecule has 1 heterocycles. The van der Waals surface area contributed by atoms with E-state index in [1.54, 1.807) is 6.07 Å². The lowest BCUT2D eigenvalue weighted by Gasteiger charge is -2.06. The van der Waals surface area contributed by atoms with Crippen LogP contribution in [0.3, 0.4) is 0 Å². The molecule has 0 saturated heterocycles. The Labute approximate surface area is 132 Å². The first-order chi connectivity index (χ1) is 11.2. The summed E-state index contributed by atoms with van der Waals surface area (Å²) in [5.74, 6) is -0.191. The third-order valence-electron chi connectivity index (χ3n) is 4.80. The van der Waals surface area contributed by atoms with Crippen molar-refractivity contribution in [1.82, 2.24) is 4.57 Å². The van der Waals surface area contributed by atoms with Gasteiger partial charge in [0.2, 0.25) is 0 Å². The number of benzene rings is 4. The van der Waals surface area contributed by atoms with Gasteiger partial charge in [-0.15, -0.1) is 0 Å². The molecule has 0 amide bonds. The van der Waals surface area contributed by atoms with Gasteiger partial charge < -0.3 is 4.57 Å². The normalized spacial score (nSPS) is 11.9. The molecule has 0 fully saturated rings. The fraction of sp³-hybridized carbons (Fsp3) is 0.0476. The van der Waals surface area contributed by atoms with Gasteiger partial charge in [0.1, 0.15) is 5.82 Å². The zero-order valence-corrected chi connectivity index (χ0v) is 12.7. The standard InChI is InChI=1S/C21H14FN/c1-23-20-9-7-16(22)12-19(20)17-8-6-15-10-13-4-2-3-5-14(13)11-18(15)21(17)23/h2-12H,1H3. The molecule has 0 saturated carbocycles. The molecular weight excluding hydrogens is 285 g/mol. The van der Waals surface area contributed by atoms with Crippen molar-refractivity contribution >= 4 is 43.4 Å². The summed E-state index contributed by atoms with van der Waals surface area (Å²) in [7, 11) is 2.05. The van der Waals surface area contributed by atoms with E-state index in [0.29, 0.717) is 0 Å². The smallest absolute Gasteiger partial charge is 0.123 e. The number of aryl methyl sites for hydroxylation is 1. The van der Waals surface area contributed by atoms with Crippen LogP contribution in [0.2, 0.25) is 0 Å². The second kappa shape index (κ2) is 4.32. The van der Waals surface area contributed by atoms with Crippen molar-refractivity contribution in [2.24, 2.45) is 7.05 Å². The summed E-state index contributed by atoms with van der Waals surface area (Å²) >= 11 is 0. The Kier molecular flexibility index (Phi) is 2.38. The Bertz CT molecular complexity index is 1230. The number of rotatable bonds is 0. The summed E-state index contributed by atoms with van der Waals surface area (Å²) in [6.45, 7) is 0. The Morgan fingerprint density at radius 3 is 2.30 bits per heavy atom. The molecule has 4 aromatic carbocycles. The van der Waals surface area contributed by atoms with Gasteiger partial charge in [-0.05, 0) is 46.5 Å². The van der Waals surface area contributed by atoms with E-state index in [-0.39, 0.29) is 5.82 Å². The Hall–Kier alpha value is -2.87. The molecule has 0 unspecified atom stereocenters. The lowest BCUT2D eigenvalue weighted by atomic mass is 10.0. The fourth-order valence-electron chi connectivity index (χ4n) is 3.71. The molecule has 1 nitrogen and oxygen atoms in total. The lowest BCUT2D eigenvalue weighted by molar-refractivity contribution is 0.629. The highest BCUT2D eigenvalue weighted by atomic mass is 19.1. The van der Waals surface area contributed by atoms with Crippen LogP contribution in [0.4, 0.5) is 4.39 Å². The molecule has 23 heavy (non-hydrogen) atoms. The average molecular weight is 299 g/mol. The second-order valence-corrected chi connectivity index (χ2v) is 6.10. The summed E-state index contributed by atoms with van der Waals surface area (Å²) < 4.78 is 15.9. The van der Waals surface area contributed by atoms with Crippen LogP contribution in [0, 0.1) is 5.82 Å². The SMILES string of the molecule is Cn1c2ccc(F)cc2c2ccc3cc4ccccc4cc3c21. The van der Waals surface area contributed by atoms with Gasteiger partial charge in [0.25, 0.3) is 0 Å². The summed E-state index contributed by atoms with van der Waals surface area (Å²) in [5, 5.41) is 6.96. The highest BCUT2D eigenvalue weighted by molar-refractivity contribution is 6.19. The number of hydrogen-bond donors (Lipinski definition) is 0. The molecule has 0 aliphatic heterocycles. The van der Waals surface area contributed by atoms with Crippen molar-refractivity contribution in [1.29, 1.82) is 0 Å². The predicted molar refractivity (Wildman–Crippen MR) is 95.4 cm³/mol. The van der Waals surface area contributed by atoms with E-state index in [1.807, 2.05) is 6.07 Å². The summed E-state index contributed by atoms with van der Waals surface area (Å²) in [5.41, 5.74) is 2.22. The van der Waals surface area contributed by atoms with E-state index in [2.05, 4.69) is 60.1 Å². The first-order valence-electron chi connectivity index (χ1n) is 7.71. The van der Waals surface area contributed by atoms with Crippen LogP contribution in [0.15, 0.2) is 66.7 Å². The van der Waals surface area contributed by atoms with Gasteiger partial charge in [0, 0.05) is 28.7 Å². The maximum Gasteiger partial charge on any atom is 0.123 e. The zero-order chi connectivity index (χ0) is 15.6. The molecule has 0 aliphatic carbocycles. The van der Waals surface area contributed by atoms with Gasteiger partial charge in [-0.25, -0.2) is 4.39 Å². The van der Waals surface area contributed by atoms with Gasteiger partial charge in [0.15, 0.2) is 0 Å². The molecular formula is C21H14FN. The van der Waals surface area contributed by atoms with Gasteiger partial charge in [-0.2, -0.15) is 0 Å². The Morgan fingerprint density at radius 1 is 0.696 bits per heavy atom. The number of nitrogens with zero attached hydrogens (tertiary/aromatic N) is 1. The predicted octanol–water partition coefficient (Wildman–Crippen LogP) is 5.78. The van der Waals surface area contributed by atoms with Crippen molar-refractivity contribution in [3.05, 3.63) is 72.5 Å². The molecule has 1 aromatic heterocycles. The van der Waals surface area contributed by atoms with Gasteiger partial charge in [0.05, 0.1) is 5.52 Å². The van der Waals surface area contributed by atoms with Gasteiger partial charge in [-0.3, -0.25) is 0 Å². The molecule has 0 atom stereocenters. The first kappa shape index (κ1) is 12.7. The molecule has 5 rings (SSSR count). The van der Waals surface area contributed by atoms with Crippen molar-refractivity contribution in [2.75, 3.05) is 0 Å². The third-order valence-corrected chi connectivity index (χ3v) is 4.80. The Morgan fingerprint density at radius 2 is 1.48 bits per heavy atom. The van der Waals surface area contributed by atoms with Crippen LogP contribution in [0.5, 0.6) is 0 Å². The van der Waals surface area contributed by atoms with E-state index < -0.39 is 0 Å². The van der Waals surface area contributed by atoms with E-state index in [9.17, 15) is 4.39 Å². The number of halogens is 1. The van der Waals surface area contributed by atoms with Crippen molar-refractivity contribution < 1.29 is 4.39 Å². The van der Waals surface area contributed by atoms with Gasteiger partial charge >= 0.3 is 0 Å². The number of hydrogen-bond acceptors (Lipinski definition) is 0. The monoisotopic (exact) mass is 299 g/mol. The minimum absolute atomic E-state index is 0.191. The second-order valence-electron chi connectivity index (χ2n) is 6.10. The van der Waals surface area contributed by atoms with E-state index >= 15 is 0 Å². The van der Waals surface area contributed by atoms with Crippen LogP contribution >= 0.6 is 0 Å². The molecule has 0 spiro atoms. The fourth-order valence-corrected chi connectivity index (χ4v) is 3.71. The zero-order valence-electron chi connectivity index (χ0n) is 12.7. The maximum atomic E-state index is 13.7. The maximum absolute atomic E-state index is 13.7. The molecule has 0 N–H and O–H groups in total. The summed E-state index contributed by atoms with van der Waals surface area (Å²) in [6, 6.07) is 22.1. The average Bonchev–Trinajstić information content (AvgIpc) is 2.85. The summed E-state index contributed by atoms with van der Waals surface area (Å²) in [4.78, 5) is 0. The minimum Gasteiger partial charge on any atom is -0.343 e. The lowest BCUT2D eigenvalue weighted by Crippen LogP contribution is -1.88.